The SMILES string of the molecule is CC1(C)Cc2c(c(-c3ccccc3)nc3sc4c(NCCN5CCOCC5)ncnc4c23)CO1. The molecule has 0 unspecified atom stereocenters. The van der Waals surface area contributed by atoms with Crippen LogP contribution in [0.15, 0.2) is 36.7 Å². The van der Waals surface area contributed by atoms with Crippen LogP contribution >= 0.6 is 11.3 Å². The van der Waals surface area contributed by atoms with Crippen LogP contribution in [0.2, 0.25) is 0 Å². The minimum Gasteiger partial charge on any atom is -0.379 e. The van der Waals surface area contributed by atoms with Crippen molar-refractivity contribution in [3.05, 3.63) is 47.8 Å². The predicted molar refractivity (Wildman–Crippen MR) is 136 cm³/mol. The fourth-order valence-corrected chi connectivity index (χ4v) is 6.05. The number of benzene rings is 1. The molecule has 3 aromatic heterocycles. The third-order valence-corrected chi connectivity index (χ3v) is 7.78. The van der Waals surface area contributed by atoms with Crippen molar-refractivity contribution in [2.24, 2.45) is 0 Å². The van der Waals surface area contributed by atoms with Gasteiger partial charge in [-0.1, -0.05) is 30.3 Å². The number of hydrogen-bond donors (Lipinski definition) is 1. The van der Waals surface area contributed by atoms with E-state index in [2.05, 4.69) is 53.3 Å². The molecule has 1 aromatic carbocycles. The van der Waals surface area contributed by atoms with Gasteiger partial charge in [0.1, 0.15) is 17.0 Å². The second-order valence-electron chi connectivity index (χ2n) is 9.57. The molecule has 1 N–H and O–H groups in total. The molecule has 2 aliphatic heterocycles. The van der Waals surface area contributed by atoms with Crippen LogP contribution in [0.1, 0.15) is 25.0 Å². The van der Waals surface area contributed by atoms with E-state index in [1.165, 1.54) is 11.1 Å². The van der Waals surface area contributed by atoms with E-state index in [0.717, 1.165) is 83.3 Å². The van der Waals surface area contributed by atoms with Gasteiger partial charge in [0.15, 0.2) is 0 Å². The first-order chi connectivity index (χ1) is 16.6. The topological polar surface area (TPSA) is 72.4 Å². The number of rotatable bonds is 5. The molecule has 176 valence electrons. The summed E-state index contributed by atoms with van der Waals surface area (Å²) >= 11 is 1.68. The first-order valence-electron chi connectivity index (χ1n) is 11.9. The predicted octanol–water partition coefficient (Wildman–Crippen LogP) is 4.50. The standard InChI is InChI=1S/C26H29N5O2S/c1-26(2)14-18-19(15-33-26)21(17-6-4-3-5-7-17)30-25-20(18)22-23(34-25)24(29-16-28-22)27-8-9-31-10-12-32-13-11-31/h3-7,16H,8-15H2,1-2H3,(H,27,28,29). The average Bonchev–Trinajstić information content (AvgIpc) is 3.24. The zero-order valence-electron chi connectivity index (χ0n) is 19.6. The Hall–Kier alpha value is -2.65. The molecular weight excluding hydrogens is 446 g/mol. The molecule has 1 saturated heterocycles. The number of anilines is 1. The first-order valence-corrected chi connectivity index (χ1v) is 12.7. The molecule has 34 heavy (non-hydrogen) atoms. The number of hydrogen-bond acceptors (Lipinski definition) is 8. The second kappa shape index (κ2) is 8.85. The Kier molecular flexibility index (Phi) is 5.69. The van der Waals surface area contributed by atoms with Crippen molar-refractivity contribution in [3.8, 4) is 11.3 Å². The van der Waals surface area contributed by atoms with Gasteiger partial charge in [-0.15, -0.1) is 11.3 Å². The molecule has 0 radical (unpaired) electrons. The van der Waals surface area contributed by atoms with Crippen molar-refractivity contribution in [1.82, 2.24) is 19.9 Å². The molecule has 2 aliphatic rings. The Morgan fingerprint density at radius 1 is 1.09 bits per heavy atom. The Morgan fingerprint density at radius 3 is 2.74 bits per heavy atom. The third-order valence-electron chi connectivity index (χ3n) is 6.70. The zero-order valence-corrected chi connectivity index (χ0v) is 20.5. The number of ether oxygens (including phenoxy) is 2. The number of pyridine rings is 1. The fourth-order valence-electron chi connectivity index (χ4n) is 4.92. The van der Waals surface area contributed by atoms with Crippen LogP contribution in [0, 0.1) is 0 Å². The van der Waals surface area contributed by atoms with Gasteiger partial charge in [-0.05, 0) is 19.4 Å². The maximum atomic E-state index is 6.23. The molecule has 4 aromatic rings. The first kappa shape index (κ1) is 21.9. The van der Waals surface area contributed by atoms with Crippen LogP contribution in [-0.4, -0.2) is 64.8 Å². The van der Waals surface area contributed by atoms with Crippen molar-refractivity contribution >= 4 is 37.6 Å². The summed E-state index contributed by atoms with van der Waals surface area (Å²) in [7, 11) is 0. The van der Waals surface area contributed by atoms with Crippen LogP contribution in [0.5, 0.6) is 0 Å². The van der Waals surface area contributed by atoms with Gasteiger partial charge in [0.2, 0.25) is 0 Å². The summed E-state index contributed by atoms with van der Waals surface area (Å²) in [6.07, 6.45) is 2.50. The van der Waals surface area contributed by atoms with E-state index >= 15 is 0 Å². The quantitative estimate of drug-likeness (QED) is 0.456. The van der Waals surface area contributed by atoms with Crippen molar-refractivity contribution in [1.29, 1.82) is 0 Å². The van der Waals surface area contributed by atoms with Crippen LogP contribution in [0.4, 0.5) is 5.82 Å². The van der Waals surface area contributed by atoms with Crippen LogP contribution < -0.4 is 5.32 Å². The number of aromatic nitrogens is 3. The lowest BCUT2D eigenvalue weighted by Gasteiger charge is -2.33. The van der Waals surface area contributed by atoms with E-state index in [-0.39, 0.29) is 5.60 Å². The monoisotopic (exact) mass is 475 g/mol. The normalized spacial score (nSPS) is 18.3. The Balaban J connectivity index is 1.44. The number of nitrogens with zero attached hydrogens (tertiary/aromatic N) is 4. The van der Waals surface area contributed by atoms with Crippen molar-refractivity contribution in [2.45, 2.75) is 32.5 Å². The Labute approximate surface area is 203 Å². The van der Waals surface area contributed by atoms with Gasteiger partial charge in [-0.3, -0.25) is 4.90 Å². The van der Waals surface area contributed by atoms with E-state index in [0.29, 0.717) is 6.61 Å². The molecule has 0 bridgehead atoms. The summed E-state index contributed by atoms with van der Waals surface area (Å²) in [5.41, 5.74) is 5.39. The van der Waals surface area contributed by atoms with Crippen LogP contribution in [-0.2, 0) is 22.5 Å². The summed E-state index contributed by atoms with van der Waals surface area (Å²) in [5.74, 6) is 0.891. The molecule has 0 spiro atoms. The molecule has 0 amide bonds. The molecule has 5 heterocycles. The van der Waals surface area contributed by atoms with Gasteiger partial charge >= 0.3 is 0 Å². The van der Waals surface area contributed by atoms with E-state index in [9.17, 15) is 0 Å². The highest BCUT2D eigenvalue weighted by atomic mass is 32.1. The third kappa shape index (κ3) is 4.05. The summed E-state index contributed by atoms with van der Waals surface area (Å²) in [5, 5.41) is 4.72. The van der Waals surface area contributed by atoms with Crippen molar-refractivity contribution < 1.29 is 9.47 Å². The lowest BCUT2D eigenvalue weighted by molar-refractivity contribution is -0.0394. The highest BCUT2D eigenvalue weighted by Gasteiger charge is 2.32. The molecule has 1 fully saturated rings. The van der Waals surface area contributed by atoms with E-state index in [4.69, 9.17) is 19.4 Å². The van der Waals surface area contributed by atoms with E-state index in [1.54, 1.807) is 17.7 Å². The smallest absolute Gasteiger partial charge is 0.147 e. The second-order valence-corrected chi connectivity index (χ2v) is 10.6. The fraction of sp³-hybridized carbons (Fsp3) is 0.423. The molecule has 8 heteroatoms. The zero-order chi connectivity index (χ0) is 23.1. The van der Waals surface area contributed by atoms with Gasteiger partial charge in [0.25, 0.3) is 0 Å². The Bertz CT molecular complexity index is 1330. The molecule has 0 saturated carbocycles. The van der Waals surface area contributed by atoms with Gasteiger partial charge < -0.3 is 14.8 Å². The van der Waals surface area contributed by atoms with Gasteiger partial charge in [0, 0.05) is 49.1 Å². The summed E-state index contributed by atoms with van der Waals surface area (Å²) in [4.78, 5) is 17.9. The van der Waals surface area contributed by atoms with Crippen molar-refractivity contribution in [2.75, 3.05) is 44.7 Å². The molecule has 7 nitrogen and oxygen atoms in total. The minimum atomic E-state index is -0.226. The van der Waals surface area contributed by atoms with E-state index < -0.39 is 0 Å². The number of morpholine rings is 1. The lowest BCUT2D eigenvalue weighted by atomic mass is 9.88. The highest BCUT2D eigenvalue weighted by molar-refractivity contribution is 7.26. The average molecular weight is 476 g/mol. The van der Waals surface area contributed by atoms with Crippen molar-refractivity contribution in [3.63, 3.8) is 0 Å². The lowest BCUT2D eigenvalue weighted by Crippen LogP contribution is -2.39. The minimum absolute atomic E-state index is 0.226. The maximum Gasteiger partial charge on any atom is 0.147 e. The van der Waals surface area contributed by atoms with E-state index in [1.807, 2.05) is 6.07 Å². The summed E-state index contributed by atoms with van der Waals surface area (Å²) < 4.78 is 12.8. The maximum absolute atomic E-state index is 6.23. The van der Waals surface area contributed by atoms with Gasteiger partial charge in [0.05, 0.1) is 41.3 Å². The number of nitrogens with one attached hydrogen (secondary N) is 1. The molecule has 0 atom stereocenters. The largest absolute Gasteiger partial charge is 0.379 e. The van der Waals surface area contributed by atoms with Crippen LogP contribution in [0.3, 0.4) is 0 Å². The summed E-state index contributed by atoms with van der Waals surface area (Å²) in [6.45, 7) is 10.3. The molecule has 6 rings (SSSR count). The highest BCUT2D eigenvalue weighted by Crippen LogP contribution is 2.43. The number of thiophene rings is 1. The van der Waals surface area contributed by atoms with Gasteiger partial charge in [-0.25, -0.2) is 15.0 Å². The number of fused-ring (bicyclic) bond motifs is 5. The molecule has 0 aliphatic carbocycles. The van der Waals surface area contributed by atoms with Gasteiger partial charge in [-0.2, -0.15) is 0 Å². The molecular formula is C26H29N5O2S. The summed E-state index contributed by atoms with van der Waals surface area (Å²) in [6, 6.07) is 10.4. The van der Waals surface area contributed by atoms with Crippen LogP contribution in [0.25, 0.3) is 31.7 Å². The Morgan fingerprint density at radius 2 is 1.91 bits per heavy atom.